The van der Waals surface area contributed by atoms with E-state index in [1.807, 2.05) is 19.2 Å². The van der Waals surface area contributed by atoms with Crippen LogP contribution in [0.3, 0.4) is 0 Å². The van der Waals surface area contributed by atoms with E-state index in [2.05, 4.69) is 28.3 Å². The molecular weight excluding hydrogens is 433 g/mol. The summed E-state index contributed by atoms with van der Waals surface area (Å²) >= 11 is 0. The van der Waals surface area contributed by atoms with Gasteiger partial charge in [-0.2, -0.15) is 0 Å². The van der Waals surface area contributed by atoms with Crippen molar-refractivity contribution in [3.63, 3.8) is 0 Å². The molecule has 1 saturated heterocycles. The molecule has 7 heteroatoms. The lowest BCUT2D eigenvalue weighted by molar-refractivity contribution is 0.0625. The summed E-state index contributed by atoms with van der Waals surface area (Å²) in [5.74, 6) is 3.32. The third-order valence-electron chi connectivity index (χ3n) is 4.70. The van der Waals surface area contributed by atoms with Gasteiger partial charge in [-0.3, -0.25) is 4.99 Å². The molecule has 140 valence electrons. The Kier molecular flexibility index (Phi) is 8.08. The van der Waals surface area contributed by atoms with Gasteiger partial charge >= 0.3 is 0 Å². The van der Waals surface area contributed by atoms with Gasteiger partial charge in [-0.15, -0.1) is 24.0 Å². The molecule has 0 aliphatic carbocycles. The summed E-state index contributed by atoms with van der Waals surface area (Å²) in [5, 5.41) is 3.42. The van der Waals surface area contributed by atoms with Crippen molar-refractivity contribution in [2.24, 2.45) is 10.9 Å². The SMILES string of the molecule is CN=C(NCc1cccc2c1OCO2)N(C)CCC1CCOCC1.I. The highest BCUT2D eigenvalue weighted by molar-refractivity contribution is 14.0. The fourth-order valence-corrected chi connectivity index (χ4v) is 3.21. The van der Waals surface area contributed by atoms with E-state index in [1.165, 1.54) is 19.3 Å². The quantitative estimate of drug-likeness (QED) is 0.415. The van der Waals surface area contributed by atoms with Crippen LogP contribution in [-0.2, 0) is 11.3 Å². The molecule has 2 aliphatic heterocycles. The van der Waals surface area contributed by atoms with Crippen LogP contribution in [0.1, 0.15) is 24.8 Å². The number of benzene rings is 1. The second kappa shape index (κ2) is 10.1. The number of ether oxygens (including phenoxy) is 3. The molecule has 2 heterocycles. The zero-order valence-corrected chi connectivity index (χ0v) is 17.3. The first-order chi connectivity index (χ1) is 11.8. The fraction of sp³-hybridized carbons (Fsp3) is 0.611. The third-order valence-corrected chi connectivity index (χ3v) is 4.70. The molecule has 0 radical (unpaired) electrons. The maximum absolute atomic E-state index is 5.56. The normalized spacial score (nSPS) is 17.1. The van der Waals surface area contributed by atoms with Crippen molar-refractivity contribution in [2.75, 3.05) is 40.6 Å². The Morgan fingerprint density at radius 1 is 1.28 bits per heavy atom. The third kappa shape index (κ3) is 5.37. The van der Waals surface area contributed by atoms with Gasteiger partial charge in [-0.25, -0.2) is 0 Å². The van der Waals surface area contributed by atoms with Gasteiger partial charge in [0.2, 0.25) is 6.79 Å². The van der Waals surface area contributed by atoms with Gasteiger partial charge in [-0.1, -0.05) is 12.1 Å². The molecular formula is C18H28IN3O3. The van der Waals surface area contributed by atoms with Crippen molar-refractivity contribution in [1.82, 2.24) is 10.2 Å². The lowest BCUT2D eigenvalue weighted by Crippen LogP contribution is -2.39. The van der Waals surface area contributed by atoms with Crippen LogP contribution >= 0.6 is 24.0 Å². The van der Waals surface area contributed by atoms with Gasteiger partial charge in [0.05, 0.1) is 0 Å². The maximum Gasteiger partial charge on any atom is 0.231 e. The molecule has 1 N–H and O–H groups in total. The van der Waals surface area contributed by atoms with Crippen LogP contribution in [0.25, 0.3) is 0 Å². The van der Waals surface area contributed by atoms with E-state index >= 15 is 0 Å². The topological polar surface area (TPSA) is 55.3 Å². The molecule has 0 spiro atoms. The number of fused-ring (bicyclic) bond motifs is 1. The van der Waals surface area contributed by atoms with Crippen LogP contribution in [0.2, 0.25) is 0 Å². The van der Waals surface area contributed by atoms with E-state index in [0.717, 1.165) is 48.7 Å². The van der Waals surface area contributed by atoms with Gasteiger partial charge in [0.25, 0.3) is 0 Å². The van der Waals surface area contributed by atoms with Crippen molar-refractivity contribution in [1.29, 1.82) is 0 Å². The van der Waals surface area contributed by atoms with Crippen molar-refractivity contribution in [3.8, 4) is 11.5 Å². The first kappa shape index (κ1) is 20.1. The summed E-state index contributed by atoms with van der Waals surface area (Å²) in [5.41, 5.74) is 1.09. The number of nitrogens with zero attached hydrogens (tertiary/aromatic N) is 2. The van der Waals surface area contributed by atoms with Crippen LogP contribution < -0.4 is 14.8 Å². The lowest BCUT2D eigenvalue weighted by atomic mass is 9.96. The molecule has 0 amide bonds. The summed E-state index contributed by atoms with van der Waals surface area (Å²) in [7, 11) is 3.91. The highest BCUT2D eigenvalue weighted by atomic mass is 127. The Balaban J connectivity index is 0.00000225. The number of hydrogen-bond acceptors (Lipinski definition) is 4. The first-order valence-electron chi connectivity index (χ1n) is 8.65. The van der Waals surface area contributed by atoms with Gasteiger partial charge in [0.1, 0.15) is 0 Å². The molecule has 0 unspecified atom stereocenters. The van der Waals surface area contributed by atoms with Crippen molar-refractivity contribution >= 4 is 29.9 Å². The molecule has 0 saturated carbocycles. The van der Waals surface area contributed by atoms with E-state index in [4.69, 9.17) is 14.2 Å². The summed E-state index contributed by atoms with van der Waals surface area (Å²) in [6.07, 6.45) is 3.53. The van der Waals surface area contributed by atoms with E-state index in [0.29, 0.717) is 13.3 Å². The minimum atomic E-state index is 0. The number of para-hydroxylation sites is 1. The summed E-state index contributed by atoms with van der Waals surface area (Å²) < 4.78 is 16.4. The Morgan fingerprint density at radius 3 is 2.84 bits per heavy atom. The van der Waals surface area contributed by atoms with E-state index in [9.17, 15) is 0 Å². The van der Waals surface area contributed by atoms with Crippen molar-refractivity contribution in [2.45, 2.75) is 25.8 Å². The zero-order valence-electron chi connectivity index (χ0n) is 15.0. The molecule has 6 nitrogen and oxygen atoms in total. The monoisotopic (exact) mass is 461 g/mol. The standard InChI is InChI=1S/C18H27N3O3.HI/c1-19-18(21(2)9-6-14-7-10-22-11-8-14)20-12-15-4-3-5-16-17(15)24-13-23-16;/h3-5,14H,6-13H2,1-2H3,(H,19,20);1H. The van der Waals surface area contributed by atoms with Gasteiger partial charge in [0.15, 0.2) is 17.5 Å². The molecule has 0 atom stereocenters. The Morgan fingerprint density at radius 2 is 2.08 bits per heavy atom. The smallest absolute Gasteiger partial charge is 0.231 e. The summed E-state index contributed by atoms with van der Waals surface area (Å²) in [4.78, 5) is 6.59. The van der Waals surface area contributed by atoms with Crippen molar-refractivity contribution in [3.05, 3.63) is 23.8 Å². The maximum atomic E-state index is 5.56. The molecule has 1 aromatic rings. The second-order valence-corrected chi connectivity index (χ2v) is 6.32. The number of rotatable bonds is 5. The van der Waals surface area contributed by atoms with Crippen molar-refractivity contribution < 1.29 is 14.2 Å². The average molecular weight is 461 g/mol. The predicted octanol–water partition coefficient (Wildman–Crippen LogP) is 2.86. The molecule has 1 aromatic carbocycles. The largest absolute Gasteiger partial charge is 0.454 e. The predicted molar refractivity (Wildman–Crippen MR) is 109 cm³/mol. The fourth-order valence-electron chi connectivity index (χ4n) is 3.21. The second-order valence-electron chi connectivity index (χ2n) is 6.32. The molecule has 0 bridgehead atoms. The van der Waals surface area contributed by atoms with E-state index in [1.54, 1.807) is 0 Å². The summed E-state index contributed by atoms with van der Waals surface area (Å²) in [6.45, 7) is 3.77. The minimum Gasteiger partial charge on any atom is -0.454 e. The highest BCUT2D eigenvalue weighted by Crippen LogP contribution is 2.35. The Hall–Kier alpha value is -1.22. The van der Waals surface area contributed by atoms with Crippen LogP contribution in [0.15, 0.2) is 23.2 Å². The van der Waals surface area contributed by atoms with Crippen LogP contribution in [0.5, 0.6) is 11.5 Å². The van der Waals surface area contributed by atoms with Gasteiger partial charge in [-0.05, 0) is 31.2 Å². The van der Waals surface area contributed by atoms with Crippen LogP contribution in [-0.4, -0.2) is 51.5 Å². The number of nitrogens with one attached hydrogen (secondary N) is 1. The van der Waals surface area contributed by atoms with E-state index in [-0.39, 0.29) is 24.0 Å². The number of halogens is 1. The highest BCUT2D eigenvalue weighted by Gasteiger charge is 2.18. The molecule has 25 heavy (non-hydrogen) atoms. The zero-order chi connectivity index (χ0) is 16.8. The average Bonchev–Trinajstić information content (AvgIpc) is 3.11. The minimum absolute atomic E-state index is 0. The lowest BCUT2D eigenvalue weighted by Gasteiger charge is -2.27. The molecule has 3 rings (SSSR count). The molecule has 0 aromatic heterocycles. The van der Waals surface area contributed by atoms with Gasteiger partial charge in [0, 0.05) is 46.0 Å². The molecule has 2 aliphatic rings. The van der Waals surface area contributed by atoms with Crippen LogP contribution in [0, 0.1) is 5.92 Å². The summed E-state index contributed by atoms with van der Waals surface area (Å²) in [6, 6.07) is 5.97. The van der Waals surface area contributed by atoms with Crippen LogP contribution in [0.4, 0.5) is 0 Å². The molecule has 1 fully saturated rings. The number of guanidine groups is 1. The Bertz CT molecular complexity index is 577. The van der Waals surface area contributed by atoms with Gasteiger partial charge < -0.3 is 24.4 Å². The Labute approximate surface area is 166 Å². The number of aliphatic imine (C=N–C) groups is 1. The van der Waals surface area contributed by atoms with E-state index < -0.39 is 0 Å². The first-order valence-corrected chi connectivity index (χ1v) is 8.65. The number of hydrogen-bond donors (Lipinski definition) is 1.